The predicted octanol–water partition coefficient (Wildman–Crippen LogP) is 1.91. The van der Waals surface area contributed by atoms with E-state index in [2.05, 4.69) is 15.3 Å². The van der Waals surface area contributed by atoms with Gasteiger partial charge in [0.2, 0.25) is 5.95 Å². The second-order valence-electron chi connectivity index (χ2n) is 4.90. The van der Waals surface area contributed by atoms with Crippen molar-refractivity contribution in [2.45, 2.75) is 31.3 Å². The van der Waals surface area contributed by atoms with Gasteiger partial charge in [-0.2, -0.15) is 4.98 Å². The molecule has 0 unspecified atom stereocenters. The fourth-order valence-electron chi connectivity index (χ4n) is 2.45. The lowest BCUT2D eigenvalue weighted by molar-refractivity contribution is 0.0558. The van der Waals surface area contributed by atoms with E-state index in [4.69, 9.17) is 11.6 Å². The maximum atomic E-state index is 10.4. The van der Waals surface area contributed by atoms with Gasteiger partial charge in [-0.05, 0) is 12.8 Å². The Morgan fingerprint density at radius 3 is 2.78 bits per heavy atom. The number of anilines is 2. The average Bonchev–Trinajstić information content (AvgIpc) is 2.76. The quantitative estimate of drug-likeness (QED) is 0.875. The van der Waals surface area contributed by atoms with Crippen molar-refractivity contribution in [3.8, 4) is 0 Å². The van der Waals surface area contributed by atoms with Crippen LogP contribution in [0, 0.1) is 0 Å². The van der Waals surface area contributed by atoms with Gasteiger partial charge in [0.05, 0.1) is 11.8 Å². The van der Waals surface area contributed by atoms with Gasteiger partial charge in [0.15, 0.2) is 5.82 Å². The number of aliphatic hydroxyl groups is 1. The second kappa shape index (κ2) is 5.28. The summed E-state index contributed by atoms with van der Waals surface area (Å²) in [6.07, 6.45) is 5.44. The number of nitrogens with zero attached hydrogens (tertiary/aromatic N) is 3. The number of nitrogens with one attached hydrogen (secondary N) is 1. The van der Waals surface area contributed by atoms with E-state index in [0.717, 1.165) is 25.7 Å². The molecule has 1 aromatic heterocycles. The molecule has 1 aromatic rings. The molecule has 0 amide bonds. The third-order valence-corrected chi connectivity index (χ3v) is 3.64. The van der Waals surface area contributed by atoms with E-state index in [1.54, 1.807) is 13.2 Å². The standard InChI is InChI=1S/C12H19ClN4O/c1-14-11-15-7-9(13)10(16-11)17(2)8-12(18)5-3-4-6-12/h7,18H,3-6,8H2,1-2H3,(H,14,15,16). The zero-order valence-corrected chi connectivity index (χ0v) is 11.5. The van der Waals surface area contributed by atoms with Gasteiger partial charge in [0, 0.05) is 20.6 Å². The molecule has 1 aliphatic carbocycles. The Morgan fingerprint density at radius 1 is 1.50 bits per heavy atom. The Labute approximate surface area is 112 Å². The van der Waals surface area contributed by atoms with E-state index >= 15 is 0 Å². The zero-order chi connectivity index (χ0) is 13.2. The number of hydrogen-bond acceptors (Lipinski definition) is 5. The van der Waals surface area contributed by atoms with Crippen LogP contribution in [0.25, 0.3) is 0 Å². The van der Waals surface area contributed by atoms with Crippen molar-refractivity contribution < 1.29 is 5.11 Å². The first kappa shape index (κ1) is 13.4. The van der Waals surface area contributed by atoms with Gasteiger partial charge in [0.25, 0.3) is 0 Å². The Hall–Kier alpha value is -1.07. The highest BCUT2D eigenvalue weighted by molar-refractivity contribution is 6.32. The van der Waals surface area contributed by atoms with Gasteiger partial charge < -0.3 is 15.3 Å². The molecular weight excluding hydrogens is 252 g/mol. The lowest BCUT2D eigenvalue weighted by Crippen LogP contribution is -2.39. The van der Waals surface area contributed by atoms with Crippen molar-refractivity contribution in [1.82, 2.24) is 9.97 Å². The zero-order valence-electron chi connectivity index (χ0n) is 10.8. The number of rotatable bonds is 4. The Kier molecular flexibility index (Phi) is 3.92. The monoisotopic (exact) mass is 270 g/mol. The number of aromatic nitrogens is 2. The molecule has 5 nitrogen and oxygen atoms in total. The SMILES string of the molecule is CNc1ncc(Cl)c(N(C)CC2(O)CCCC2)n1. The fraction of sp³-hybridized carbons (Fsp3) is 0.667. The Balaban J connectivity index is 2.14. The largest absolute Gasteiger partial charge is 0.388 e. The molecule has 6 heteroatoms. The summed E-state index contributed by atoms with van der Waals surface area (Å²) in [4.78, 5) is 10.3. The van der Waals surface area contributed by atoms with Crippen LogP contribution in [-0.4, -0.2) is 41.3 Å². The van der Waals surface area contributed by atoms with Crippen LogP contribution < -0.4 is 10.2 Å². The maximum Gasteiger partial charge on any atom is 0.224 e. The minimum atomic E-state index is -0.608. The van der Waals surface area contributed by atoms with E-state index in [-0.39, 0.29) is 0 Å². The summed E-state index contributed by atoms with van der Waals surface area (Å²) in [6.45, 7) is 0.548. The first-order chi connectivity index (χ1) is 8.54. The van der Waals surface area contributed by atoms with Crippen LogP contribution >= 0.6 is 11.6 Å². The van der Waals surface area contributed by atoms with Crippen molar-refractivity contribution in [3.05, 3.63) is 11.2 Å². The van der Waals surface area contributed by atoms with Crippen LogP contribution in [0.3, 0.4) is 0 Å². The van der Waals surface area contributed by atoms with Gasteiger partial charge >= 0.3 is 0 Å². The third-order valence-electron chi connectivity index (χ3n) is 3.38. The molecule has 2 N–H and O–H groups in total. The van der Waals surface area contributed by atoms with Crippen molar-refractivity contribution in [2.24, 2.45) is 0 Å². The van der Waals surface area contributed by atoms with Crippen molar-refractivity contribution >= 4 is 23.4 Å². The number of halogens is 1. The Morgan fingerprint density at radius 2 is 2.17 bits per heavy atom. The fourth-order valence-corrected chi connectivity index (χ4v) is 2.69. The van der Waals surface area contributed by atoms with Crippen LogP contribution in [0.5, 0.6) is 0 Å². The lowest BCUT2D eigenvalue weighted by atomic mass is 10.0. The third kappa shape index (κ3) is 2.84. The summed E-state index contributed by atoms with van der Waals surface area (Å²) in [7, 11) is 3.65. The van der Waals surface area contributed by atoms with Gasteiger partial charge in [-0.15, -0.1) is 0 Å². The lowest BCUT2D eigenvalue weighted by Gasteiger charge is -2.29. The van der Waals surface area contributed by atoms with E-state index in [1.165, 1.54) is 0 Å². The van der Waals surface area contributed by atoms with Gasteiger partial charge in [-0.3, -0.25) is 0 Å². The number of hydrogen-bond donors (Lipinski definition) is 2. The molecule has 2 rings (SSSR count). The first-order valence-electron chi connectivity index (χ1n) is 6.18. The van der Waals surface area contributed by atoms with E-state index in [9.17, 15) is 5.11 Å². The highest BCUT2D eigenvalue weighted by Crippen LogP contribution is 2.32. The van der Waals surface area contributed by atoms with Crippen LogP contribution in [0.4, 0.5) is 11.8 Å². The summed E-state index contributed by atoms with van der Waals surface area (Å²) < 4.78 is 0. The van der Waals surface area contributed by atoms with Gasteiger partial charge in [-0.1, -0.05) is 24.4 Å². The van der Waals surface area contributed by atoms with Crippen LogP contribution in [0.15, 0.2) is 6.20 Å². The van der Waals surface area contributed by atoms with Crippen molar-refractivity contribution in [2.75, 3.05) is 30.9 Å². The van der Waals surface area contributed by atoms with Crippen LogP contribution in [-0.2, 0) is 0 Å². The molecule has 18 heavy (non-hydrogen) atoms. The molecule has 100 valence electrons. The number of likely N-dealkylation sites (N-methyl/N-ethyl adjacent to an activating group) is 1. The van der Waals surface area contributed by atoms with Crippen molar-refractivity contribution in [3.63, 3.8) is 0 Å². The molecule has 0 aliphatic heterocycles. The van der Waals surface area contributed by atoms with Crippen LogP contribution in [0.2, 0.25) is 5.02 Å². The second-order valence-corrected chi connectivity index (χ2v) is 5.31. The summed E-state index contributed by atoms with van der Waals surface area (Å²) in [6, 6.07) is 0. The predicted molar refractivity (Wildman–Crippen MR) is 73.3 cm³/mol. The molecule has 0 atom stereocenters. The summed E-state index contributed by atoms with van der Waals surface area (Å²) in [5, 5.41) is 13.8. The van der Waals surface area contributed by atoms with E-state index in [1.807, 2.05) is 11.9 Å². The molecule has 0 radical (unpaired) electrons. The van der Waals surface area contributed by atoms with Gasteiger partial charge in [-0.25, -0.2) is 4.98 Å². The van der Waals surface area contributed by atoms with Crippen molar-refractivity contribution in [1.29, 1.82) is 0 Å². The summed E-state index contributed by atoms with van der Waals surface area (Å²) >= 11 is 6.10. The van der Waals surface area contributed by atoms with E-state index in [0.29, 0.717) is 23.3 Å². The smallest absolute Gasteiger partial charge is 0.224 e. The molecule has 0 aromatic carbocycles. The van der Waals surface area contributed by atoms with Gasteiger partial charge in [0.1, 0.15) is 5.02 Å². The molecule has 1 fully saturated rings. The molecule has 0 saturated heterocycles. The van der Waals surface area contributed by atoms with Crippen LogP contribution in [0.1, 0.15) is 25.7 Å². The minimum Gasteiger partial charge on any atom is -0.388 e. The summed E-state index contributed by atoms with van der Waals surface area (Å²) in [5.74, 6) is 1.18. The molecular formula is C12H19ClN4O. The molecule has 0 spiro atoms. The molecule has 1 saturated carbocycles. The maximum absolute atomic E-state index is 10.4. The first-order valence-corrected chi connectivity index (χ1v) is 6.56. The topological polar surface area (TPSA) is 61.3 Å². The summed E-state index contributed by atoms with van der Waals surface area (Å²) in [5.41, 5.74) is -0.608. The Bertz CT molecular complexity index is 421. The molecule has 1 heterocycles. The average molecular weight is 271 g/mol. The minimum absolute atomic E-state index is 0.498. The van der Waals surface area contributed by atoms with E-state index < -0.39 is 5.60 Å². The highest BCUT2D eigenvalue weighted by atomic mass is 35.5. The normalized spacial score (nSPS) is 17.8. The highest BCUT2D eigenvalue weighted by Gasteiger charge is 2.33. The molecule has 0 bridgehead atoms. The molecule has 1 aliphatic rings.